The van der Waals surface area contributed by atoms with Crippen LogP contribution in [0.3, 0.4) is 0 Å². The molecule has 2 aromatic rings. The maximum Gasteiger partial charge on any atom is 0.324 e. The van der Waals surface area contributed by atoms with Crippen LogP contribution < -0.4 is 4.90 Å². The van der Waals surface area contributed by atoms with E-state index in [0.29, 0.717) is 4.88 Å². The van der Waals surface area contributed by atoms with Crippen LogP contribution in [0, 0.1) is 15.9 Å². The fourth-order valence-electron chi connectivity index (χ4n) is 2.26. The molecule has 0 unspecified atom stereocenters. The van der Waals surface area contributed by atoms with Gasteiger partial charge in [-0.05, 0) is 30.3 Å². The molecule has 122 valence electrons. The lowest BCUT2D eigenvalue weighted by atomic mass is 10.2. The van der Waals surface area contributed by atoms with Crippen molar-refractivity contribution in [2.75, 3.05) is 4.90 Å². The Morgan fingerprint density at radius 1 is 1.29 bits per heavy atom. The highest BCUT2D eigenvalue weighted by molar-refractivity contribution is 7.16. The number of benzene rings is 1. The second kappa shape index (κ2) is 6.14. The van der Waals surface area contributed by atoms with E-state index in [0.717, 1.165) is 22.3 Å². The van der Waals surface area contributed by atoms with Gasteiger partial charge in [0, 0.05) is 16.5 Å². The van der Waals surface area contributed by atoms with Gasteiger partial charge in [0.1, 0.15) is 5.82 Å². The van der Waals surface area contributed by atoms with Gasteiger partial charge in [0.25, 0.3) is 5.91 Å². The number of hydrogen-bond donors (Lipinski definition) is 0. The van der Waals surface area contributed by atoms with E-state index in [9.17, 15) is 24.1 Å². The van der Waals surface area contributed by atoms with Gasteiger partial charge in [-0.3, -0.25) is 19.7 Å². The van der Waals surface area contributed by atoms with Crippen molar-refractivity contribution >= 4 is 51.5 Å². The summed E-state index contributed by atoms with van der Waals surface area (Å²) >= 11 is 6.59. The first-order valence-corrected chi connectivity index (χ1v) is 7.83. The van der Waals surface area contributed by atoms with Crippen molar-refractivity contribution in [1.82, 2.24) is 0 Å². The van der Waals surface area contributed by atoms with Gasteiger partial charge in [-0.1, -0.05) is 22.9 Å². The highest BCUT2D eigenvalue weighted by Gasteiger charge is 2.35. The molecule has 1 aromatic carbocycles. The molecule has 6 nitrogen and oxygen atoms in total. The molecule has 2 heterocycles. The predicted octanol–water partition coefficient (Wildman–Crippen LogP) is 3.80. The zero-order chi connectivity index (χ0) is 17.4. The molecular formula is C15H8ClFN2O4S. The van der Waals surface area contributed by atoms with Gasteiger partial charge in [0.05, 0.1) is 22.1 Å². The number of thiophene rings is 1. The average Bonchev–Trinajstić information content (AvgIpc) is 3.09. The van der Waals surface area contributed by atoms with E-state index in [4.69, 9.17) is 11.6 Å². The molecule has 0 atom stereocenters. The average molecular weight is 367 g/mol. The maximum absolute atomic E-state index is 13.2. The van der Waals surface area contributed by atoms with Gasteiger partial charge in [-0.15, -0.1) is 0 Å². The summed E-state index contributed by atoms with van der Waals surface area (Å²) in [5.41, 5.74) is 0.383. The van der Waals surface area contributed by atoms with Crippen LogP contribution >= 0.6 is 22.9 Å². The Labute approximate surface area is 143 Å². The van der Waals surface area contributed by atoms with Crippen LogP contribution in [-0.4, -0.2) is 16.7 Å². The van der Waals surface area contributed by atoms with Gasteiger partial charge in [0.2, 0.25) is 5.91 Å². The summed E-state index contributed by atoms with van der Waals surface area (Å²) in [5.74, 6) is -1.68. The molecule has 0 aliphatic carbocycles. The Kier molecular flexibility index (Phi) is 4.16. The molecule has 1 aliphatic rings. The van der Waals surface area contributed by atoms with E-state index in [-0.39, 0.29) is 27.7 Å². The van der Waals surface area contributed by atoms with Crippen LogP contribution in [0.4, 0.5) is 15.1 Å². The summed E-state index contributed by atoms with van der Waals surface area (Å²) in [6.45, 7) is 0. The van der Waals surface area contributed by atoms with Crippen molar-refractivity contribution in [2.45, 2.75) is 6.42 Å². The SMILES string of the molecule is O=C1CC(=Cc2ccc([N+](=O)[O-])s2)C(=O)N1c1ccc(F)c(Cl)c1. The third-order valence-electron chi connectivity index (χ3n) is 3.34. The molecule has 0 radical (unpaired) electrons. The fourth-order valence-corrected chi connectivity index (χ4v) is 3.23. The minimum atomic E-state index is -0.652. The Bertz CT molecular complexity index is 909. The molecule has 2 amide bonds. The lowest BCUT2D eigenvalue weighted by Gasteiger charge is -2.13. The molecule has 0 N–H and O–H groups in total. The largest absolute Gasteiger partial charge is 0.324 e. The normalized spacial score (nSPS) is 16.2. The maximum atomic E-state index is 13.2. The summed E-state index contributed by atoms with van der Waals surface area (Å²) in [6.07, 6.45) is 1.31. The van der Waals surface area contributed by atoms with Crippen LogP contribution in [0.15, 0.2) is 35.9 Å². The second-order valence-corrected chi connectivity index (χ2v) is 6.41. The lowest BCUT2D eigenvalue weighted by molar-refractivity contribution is -0.380. The van der Waals surface area contributed by atoms with Crippen molar-refractivity contribution in [3.63, 3.8) is 0 Å². The first-order valence-electron chi connectivity index (χ1n) is 6.64. The quantitative estimate of drug-likeness (QED) is 0.358. The molecule has 0 bridgehead atoms. The lowest BCUT2D eigenvalue weighted by Crippen LogP contribution is -2.28. The number of nitrogens with zero attached hydrogens (tertiary/aromatic N) is 2. The Morgan fingerprint density at radius 3 is 2.67 bits per heavy atom. The molecule has 0 saturated carbocycles. The first kappa shape index (κ1) is 16.3. The van der Waals surface area contributed by atoms with Crippen LogP contribution in [0.25, 0.3) is 6.08 Å². The van der Waals surface area contributed by atoms with Gasteiger partial charge >= 0.3 is 5.00 Å². The van der Waals surface area contributed by atoms with Crippen LogP contribution in [0.1, 0.15) is 11.3 Å². The number of hydrogen-bond acceptors (Lipinski definition) is 5. The summed E-state index contributed by atoms with van der Waals surface area (Å²) in [6, 6.07) is 6.39. The minimum Gasteiger partial charge on any atom is -0.274 e. The zero-order valence-electron chi connectivity index (χ0n) is 11.9. The zero-order valence-corrected chi connectivity index (χ0v) is 13.4. The van der Waals surface area contributed by atoms with Gasteiger partial charge in [0.15, 0.2) is 0 Å². The van der Waals surface area contributed by atoms with Gasteiger partial charge in [-0.25, -0.2) is 9.29 Å². The summed E-state index contributed by atoms with van der Waals surface area (Å²) in [5, 5.41) is 10.4. The van der Waals surface area contributed by atoms with E-state index < -0.39 is 22.6 Å². The third kappa shape index (κ3) is 2.93. The molecule has 24 heavy (non-hydrogen) atoms. The van der Waals surface area contributed by atoms with E-state index in [2.05, 4.69) is 0 Å². The Morgan fingerprint density at radius 2 is 2.04 bits per heavy atom. The summed E-state index contributed by atoms with van der Waals surface area (Å²) in [4.78, 5) is 36.1. The molecule has 1 aliphatic heterocycles. The van der Waals surface area contributed by atoms with E-state index in [1.165, 1.54) is 30.3 Å². The van der Waals surface area contributed by atoms with Crippen molar-refractivity contribution in [3.8, 4) is 0 Å². The number of nitro groups is 1. The van der Waals surface area contributed by atoms with Crippen molar-refractivity contribution in [1.29, 1.82) is 0 Å². The number of carbonyl (C=O) groups is 2. The molecule has 9 heteroatoms. The summed E-state index contributed by atoms with van der Waals surface area (Å²) in [7, 11) is 0. The number of rotatable bonds is 3. The molecular weight excluding hydrogens is 359 g/mol. The monoisotopic (exact) mass is 366 g/mol. The standard InChI is InChI=1S/C15H8ClFN2O4S/c16-11-7-9(1-3-12(11)17)18-13(20)6-8(15(18)21)5-10-2-4-14(24-10)19(22)23/h1-5,7H,6H2. The number of amides is 2. The smallest absolute Gasteiger partial charge is 0.274 e. The summed E-state index contributed by atoms with van der Waals surface area (Å²) < 4.78 is 13.2. The van der Waals surface area contributed by atoms with Crippen molar-refractivity contribution in [2.24, 2.45) is 0 Å². The molecule has 1 fully saturated rings. The van der Waals surface area contributed by atoms with Crippen LogP contribution in [0.2, 0.25) is 5.02 Å². The van der Waals surface area contributed by atoms with Gasteiger partial charge < -0.3 is 0 Å². The fraction of sp³-hybridized carbons (Fsp3) is 0.0667. The Hall–Kier alpha value is -2.58. The highest BCUT2D eigenvalue weighted by atomic mass is 35.5. The first-order chi connectivity index (χ1) is 11.4. The molecule has 3 rings (SSSR count). The molecule has 1 aromatic heterocycles. The Balaban J connectivity index is 1.91. The van der Waals surface area contributed by atoms with Crippen LogP contribution in [0.5, 0.6) is 0 Å². The molecule has 1 saturated heterocycles. The number of imide groups is 1. The highest BCUT2D eigenvalue weighted by Crippen LogP contribution is 2.32. The van der Waals surface area contributed by atoms with Gasteiger partial charge in [-0.2, -0.15) is 0 Å². The predicted molar refractivity (Wildman–Crippen MR) is 87.5 cm³/mol. The topological polar surface area (TPSA) is 80.5 Å². The van der Waals surface area contributed by atoms with E-state index in [1.54, 1.807) is 0 Å². The molecule has 0 spiro atoms. The third-order valence-corrected chi connectivity index (χ3v) is 4.61. The number of anilines is 1. The number of carbonyl (C=O) groups excluding carboxylic acids is 2. The minimum absolute atomic E-state index is 0.0548. The van der Waals surface area contributed by atoms with E-state index >= 15 is 0 Å². The number of halogens is 2. The van der Waals surface area contributed by atoms with E-state index in [1.807, 2.05) is 0 Å². The van der Waals surface area contributed by atoms with Crippen LogP contribution in [-0.2, 0) is 9.59 Å². The second-order valence-electron chi connectivity index (χ2n) is 4.91. The van der Waals surface area contributed by atoms with Crippen molar-refractivity contribution < 1.29 is 18.9 Å². The van der Waals surface area contributed by atoms with Crippen molar-refractivity contribution in [3.05, 3.63) is 61.7 Å².